The van der Waals surface area contributed by atoms with Crippen molar-refractivity contribution in [1.29, 1.82) is 0 Å². The predicted octanol–water partition coefficient (Wildman–Crippen LogP) is 2.32. The van der Waals surface area contributed by atoms with Gasteiger partial charge in [-0.15, -0.1) is 0 Å². The highest BCUT2D eigenvalue weighted by Gasteiger charge is 2.48. The molecule has 0 aromatic heterocycles. The summed E-state index contributed by atoms with van der Waals surface area (Å²) < 4.78 is 5.21. The van der Waals surface area contributed by atoms with Gasteiger partial charge in [0.1, 0.15) is 11.4 Å². The maximum atomic E-state index is 11.3. The normalized spacial score (nSPS) is 15.0. The van der Waals surface area contributed by atoms with Gasteiger partial charge >= 0.3 is 5.97 Å². The summed E-state index contributed by atoms with van der Waals surface area (Å²) in [7, 11) is 1.50. The maximum Gasteiger partial charge on any atom is 0.312 e. The van der Waals surface area contributed by atoms with Crippen molar-refractivity contribution in [3.8, 4) is 5.75 Å². The Kier molecular flexibility index (Phi) is 3.72. The second-order valence-corrected chi connectivity index (χ2v) is 5.21. The van der Waals surface area contributed by atoms with Crippen LogP contribution in [0.25, 0.3) is 0 Å². The molecular formula is C14H20O4. The molecule has 0 heterocycles. The van der Waals surface area contributed by atoms with E-state index in [-0.39, 0.29) is 0 Å². The molecule has 1 aromatic carbocycles. The largest absolute Gasteiger partial charge is 0.496 e. The molecule has 100 valence electrons. The number of hydrogen-bond donors (Lipinski definition) is 2. The zero-order chi connectivity index (χ0) is 14.1. The summed E-state index contributed by atoms with van der Waals surface area (Å²) in [4.78, 5) is 11.3. The van der Waals surface area contributed by atoms with Crippen LogP contribution in [0.3, 0.4) is 0 Å². The van der Waals surface area contributed by atoms with Crippen molar-refractivity contribution in [2.75, 3.05) is 7.11 Å². The average molecular weight is 252 g/mol. The van der Waals surface area contributed by atoms with E-state index in [0.717, 1.165) is 5.56 Å². The van der Waals surface area contributed by atoms with E-state index in [0.29, 0.717) is 11.3 Å². The van der Waals surface area contributed by atoms with Gasteiger partial charge in [0.15, 0.2) is 0 Å². The van der Waals surface area contributed by atoms with E-state index < -0.39 is 17.0 Å². The monoisotopic (exact) mass is 252 g/mol. The van der Waals surface area contributed by atoms with Crippen LogP contribution in [0.4, 0.5) is 0 Å². The van der Waals surface area contributed by atoms with Crippen LogP contribution in [0, 0.1) is 12.3 Å². The fraction of sp³-hybridized carbons (Fsp3) is 0.500. The lowest BCUT2D eigenvalue weighted by atomic mass is 9.71. The standard InChI is InChI=1S/C14H20O4/c1-9-6-7-11(18-5)10(8-9)14(4,17)13(2,3)12(15)16/h6-8,17H,1-5H3,(H,15,16). The number of aliphatic hydroxyl groups is 1. The van der Waals surface area contributed by atoms with Crippen LogP contribution in [0.15, 0.2) is 18.2 Å². The number of benzene rings is 1. The molecule has 1 aromatic rings. The van der Waals surface area contributed by atoms with Crippen molar-refractivity contribution >= 4 is 5.97 Å². The summed E-state index contributed by atoms with van der Waals surface area (Å²) >= 11 is 0. The Labute approximate surface area is 107 Å². The molecule has 4 nitrogen and oxygen atoms in total. The third-order valence-corrected chi connectivity index (χ3v) is 3.63. The Balaban J connectivity index is 3.44. The summed E-state index contributed by atoms with van der Waals surface area (Å²) in [5, 5.41) is 19.9. The number of carboxylic acid groups (broad SMARTS) is 1. The van der Waals surface area contributed by atoms with Gasteiger partial charge in [0, 0.05) is 5.56 Å². The van der Waals surface area contributed by atoms with Gasteiger partial charge in [0.2, 0.25) is 0 Å². The summed E-state index contributed by atoms with van der Waals surface area (Å²) in [5.74, 6) is -0.573. The van der Waals surface area contributed by atoms with Crippen LogP contribution in [-0.2, 0) is 10.4 Å². The second-order valence-electron chi connectivity index (χ2n) is 5.21. The van der Waals surface area contributed by atoms with E-state index in [4.69, 9.17) is 4.74 Å². The van der Waals surface area contributed by atoms with Crippen LogP contribution in [0.5, 0.6) is 5.75 Å². The SMILES string of the molecule is COc1ccc(C)cc1C(C)(O)C(C)(C)C(=O)O. The van der Waals surface area contributed by atoms with Crippen molar-refractivity contribution in [1.82, 2.24) is 0 Å². The Morgan fingerprint density at radius 3 is 2.28 bits per heavy atom. The molecule has 1 rings (SSSR count). The summed E-state index contributed by atoms with van der Waals surface area (Å²) in [6, 6.07) is 5.34. The van der Waals surface area contributed by atoms with Gasteiger partial charge in [-0.1, -0.05) is 11.6 Å². The van der Waals surface area contributed by atoms with Gasteiger partial charge < -0.3 is 14.9 Å². The Morgan fingerprint density at radius 2 is 1.83 bits per heavy atom. The van der Waals surface area contributed by atoms with E-state index in [1.165, 1.54) is 27.9 Å². The summed E-state index contributed by atoms with van der Waals surface area (Å²) in [6.07, 6.45) is 0. The molecule has 1 unspecified atom stereocenters. The van der Waals surface area contributed by atoms with Crippen molar-refractivity contribution in [2.24, 2.45) is 5.41 Å². The number of aliphatic carboxylic acids is 1. The molecule has 0 saturated carbocycles. The highest BCUT2D eigenvalue weighted by Crippen LogP contribution is 2.43. The summed E-state index contributed by atoms with van der Waals surface area (Å²) in [5.41, 5.74) is -1.44. The molecule has 4 heteroatoms. The quantitative estimate of drug-likeness (QED) is 0.863. The highest BCUT2D eigenvalue weighted by atomic mass is 16.5. The minimum atomic E-state index is -1.53. The number of hydrogen-bond acceptors (Lipinski definition) is 3. The fourth-order valence-electron chi connectivity index (χ4n) is 1.75. The Bertz CT molecular complexity index is 461. The molecule has 18 heavy (non-hydrogen) atoms. The van der Waals surface area contributed by atoms with Gasteiger partial charge in [-0.2, -0.15) is 0 Å². The molecule has 0 amide bonds. The average Bonchev–Trinajstić information content (AvgIpc) is 2.28. The Hall–Kier alpha value is -1.55. The van der Waals surface area contributed by atoms with Crippen LogP contribution >= 0.6 is 0 Å². The zero-order valence-electron chi connectivity index (χ0n) is 11.4. The molecule has 0 aliphatic heterocycles. The molecule has 0 bridgehead atoms. The lowest BCUT2D eigenvalue weighted by molar-refractivity contribution is -0.164. The van der Waals surface area contributed by atoms with Gasteiger partial charge in [-0.05, 0) is 39.8 Å². The molecule has 0 aliphatic rings. The second kappa shape index (κ2) is 4.61. The maximum absolute atomic E-state index is 11.3. The lowest BCUT2D eigenvalue weighted by Crippen LogP contribution is -2.45. The van der Waals surface area contributed by atoms with E-state index in [2.05, 4.69) is 0 Å². The summed E-state index contributed by atoms with van der Waals surface area (Å²) in [6.45, 7) is 6.37. The first-order chi connectivity index (χ1) is 8.14. The minimum absolute atomic E-state index is 0.484. The molecule has 0 radical (unpaired) electrons. The zero-order valence-corrected chi connectivity index (χ0v) is 11.4. The van der Waals surface area contributed by atoms with Crippen molar-refractivity contribution < 1.29 is 19.7 Å². The van der Waals surface area contributed by atoms with Crippen molar-refractivity contribution in [3.05, 3.63) is 29.3 Å². The number of ether oxygens (including phenoxy) is 1. The van der Waals surface area contributed by atoms with E-state index in [1.54, 1.807) is 12.1 Å². The van der Waals surface area contributed by atoms with Gasteiger partial charge in [0.25, 0.3) is 0 Å². The van der Waals surface area contributed by atoms with Gasteiger partial charge in [-0.3, -0.25) is 4.79 Å². The van der Waals surface area contributed by atoms with Crippen LogP contribution in [0.2, 0.25) is 0 Å². The van der Waals surface area contributed by atoms with Crippen LogP contribution < -0.4 is 4.74 Å². The first-order valence-electron chi connectivity index (χ1n) is 5.75. The number of carbonyl (C=O) groups is 1. The fourth-order valence-corrected chi connectivity index (χ4v) is 1.75. The molecule has 0 fully saturated rings. The van der Waals surface area contributed by atoms with E-state index >= 15 is 0 Å². The van der Waals surface area contributed by atoms with E-state index in [1.807, 2.05) is 13.0 Å². The van der Waals surface area contributed by atoms with Crippen molar-refractivity contribution in [3.63, 3.8) is 0 Å². The predicted molar refractivity (Wildman–Crippen MR) is 68.7 cm³/mol. The van der Waals surface area contributed by atoms with Gasteiger partial charge in [-0.25, -0.2) is 0 Å². The molecular weight excluding hydrogens is 232 g/mol. The molecule has 2 N–H and O–H groups in total. The first kappa shape index (κ1) is 14.5. The van der Waals surface area contributed by atoms with Crippen LogP contribution in [0.1, 0.15) is 31.9 Å². The number of aryl methyl sites for hydroxylation is 1. The number of methoxy groups -OCH3 is 1. The highest BCUT2D eigenvalue weighted by molar-refractivity contribution is 5.76. The smallest absolute Gasteiger partial charge is 0.312 e. The third-order valence-electron chi connectivity index (χ3n) is 3.63. The Morgan fingerprint density at radius 1 is 1.28 bits per heavy atom. The number of carboxylic acids is 1. The van der Waals surface area contributed by atoms with Crippen molar-refractivity contribution in [2.45, 2.75) is 33.3 Å². The van der Waals surface area contributed by atoms with Gasteiger partial charge in [0.05, 0.1) is 12.5 Å². The van der Waals surface area contributed by atoms with Crippen LogP contribution in [-0.4, -0.2) is 23.3 Å². The lowest BCUT2D eigenvalue weighted by Gasteiger charge is -2.37. The molecule has 0 saturated heterocycles. The first-order valence-corrected chi connectivity index (χ1v) is 5.75. The molecule has 0 spiro atoms. The topological polar surface area (TPSA) is 66.8 Å². The minimum Gasteiger partial charge on any atom is -0.496 e. The third kappa shape index (κ3) is 2.20. The molecule has 0 aliphatic carbocycles. The number of rotatable bonds is 4. The van der Waals surface area contributed by atoms with E-state index in [9.17, 15) is 15.0 Å². The molecule has 1 atom stereocenters.